The van der Waals surface area contributed by atoms with Gasteiger partial charge in [0.05, 0.1) is 23.4 Å². The second-order valence-electron chi connectivity index (χ2n) is 7.53. The average Bonchev–Trinajstić information content (AvgIpc) is 2.98. The smallest absolute Gasteiger partial charge is 0.272 e. The summed E-state index contributed by atoms with van der Waals surface area (Å²) < 4.78 is 1.91. The maximum absolute atomic E-state index is 13.1. The third-order valence-electron chi connectivity index (χ3n) is 5.02. The van der Waals surface area contributed by atoms with Crippen molar-refractivity contribution in [1.82, 2.24) is 24.6 Å². The van der Waals surface area contributed by atoms with Gasteiger partial charge in [0.15, 0.2) is 0 Å². The molecule has 7 heteroatoms. The standard InChI is InChI=1S/C21H25N5O2/c1-24(2)14-20(27)19-12-16-13-25(10-5-11-26(16)23-19)21(28)18-9-8-15-6-3-4-7-17(15)22-18/h3-4,6-9,12,20,27H,5,10-11,13-14H2,1-2H3/t20-/m1/s1. The molecule has 0 unspecified atom stereocenters. The number of benzene rings is 1. The average molecular weight is 379 g/mol. The van der Waals surface area contributed by atoms with E-state index in [9.17, 15) is 9.90 Å². The van der Waals surface area contributed by atoms with Crippen molar-refractivity contribution in [2.75, 3.05) is 27.2 Å². The maximum Gasteiger partial charge on any atom is 0.272 e. The molecular weight excluding hydrogens is 354 g/mol. The van der Waals surface area contributed by atoms with Crippen molar-refractivity contribution in [1.29, 1.82) is 0 Å². The van der Waals surface area contributed by atoms with Crippen LogP contribution in [0.15, 0.2) is 42.5 Å². The van der Waals surface area contributed by atoms with Gasteiger partial charge in [-0.3, -0.25) is 9.48 Å². The summed E-state index contributed by atoms with van der Waals surface area (Å²) >= 11 is 0. The molecule has 28 heavy (non-hydrogen) atoms. The number of rotatable bonds is 4. The van der Waals surface area contributed by atoms with Gasteiger partial charge >= 0.3 is 0 Å². The fraction of sp³-hybridized carbons (Fsp3) is 0.381. The molecule has 4 rings (SSSR count). The molecule has 2 aromatic heterocycles. The van der Waals surface area contributed by atoms with Crippen LogP contribution in [0.3, 0.4) is 0 Å². The van der Waals surface area contributed by atoms with Crippen LogP contribution in [0.5, 0.6) is 0 Å². The van der Waals surface area contributed by atoms with E-state index in [1.807, 2.05) is 65.0 Å². The number of aryl methyl sites for hydroxylation is 1. The third kappa shape index (κ3) is 3.76. The van der Waals surface area contributed by atoms with Gasteiger partial charge in [0.2, 0.25) is 0 Å². The fourth-order valence-corrected chi connectivity index (χ4v) is 3.61. The molecule has 146 valence electrons. The summed E-state index contributed by atoms with van der Waals surface area (Å²) in [6.07, 6.45) is 0.178. The molecule has 0 saturated heterocycles. The summed E-state index contributed by atoms with van der Waals surface area (Å²) in [5, 5.41) is 15.9. The molecule has 0 bridgehead atoms. The van der Waals surface area contributed by atoms with Crippen LogP contribution in [-0.2, 0) is 13.1 Å². The molecule has 0 radical (unpaired) electrons. The van der Waals surface area contributed by atoms with Crippen molar-refractivity contribution >= 4 is 16.8 Å². The summed E-state index contributed by atoms with van der Waals surface area (Å²) in [6.45, 7) is 2.38. The quantitative estimate of drug-likeness (QED) is 0.751. The molecule has 0 spiro atoms. The monoisotopic (exact) mass is 379 g/mol. The highest BCUT2D eigenvalue weighted by atomic mass is 16.3. The van der Waals surface area contributed by atoms with Crippen LogP contribution in [-0.4, -0.2) is 62.8 Å². The molecule has 1 N–H and O–H groups in total. The molecule has 3 aromatic rings. The first kappa shape index (κ1) is 18.6. The fourth-order valence-electron chi connectivity index (χ4n) is 3.61. The minimum absolute atomic E-state index is 0.0733. The van der Waals surface area contributed by atoms with Crippen LogP contribution in [0.2, 0.25) is 0 Å². The number of amides is 1. The van der Waals surface area contributed by atoms with E-state index in [0.717, 1.165) is 29.6 Å². The molecule has 1 aliphatic rings. The van der Waals surface area contributed by atoms with E-state index in [0.29, 0.717) is 31.0 Å². The Bertz CT molecular complexity index is 997. The van der Waals surface area contributed by atoms with Crippen molar-refractivity contribution in [3.05, 3.63) is 59.5 Å². The topological polar surface area (TPSA) is 74.5 Å². The number of carbonyl (C=O) groups excluding carboxylic acids is 1. The summed E-state index contributed by atoms with van der Waals surface area (Å²) in [7, 11) is 3.84. The Labute approximate surface area is 164 Å². The molecule has 1 atom stereocenters. The Hall–Kier alpha value is -2.77. The largest absolute Gasteiger partial charge is 0.385 e. The lowest BCUT2D eigenvalue weighted by Crippen LogP contribution is -2.31. The number of para-hydroxylation sites is 1. The number of aliphatic hydroxyl groups is 1. The molecule has 1 aromatic carbocycles. The van der Waals surface area contributed by atoms with Gasteiger partial charge in [-0.05, 0) is 38.7 Å². The maximum atomic E-state index is 13.1. The molecule has 7 nitrogen and oxygen atoms in total. The van der Waals surface area contributed by atoms with Gasteiger partial charge < -0.3 is 14.9 Å². The van der Waals surface area contributed by atoms with Crippen molar-refractivity contribution in [2.24, 2.45) is 0 Å². The summed E-state index contributed by atoms with van der Waals surface area (Å²) in [5.41, 5.74) is 2.88. The lowest BCUT2D eigenvalue weighted by Gasteiger charge is -2.19. The third-order valence-corrected chi connectivity index (χ3v) is 5.02. The van der Waals surface area contributed by atoms with Crippen LogP contribution < -0.4 is 0 Å². The first-order valence-electron chi connectivity index (χ1n) is 9.56. The summed E-state index contributed by atoms with van der Waals surface area (Å²) in [6, 6.07) is 13.4. The SMILES string of the molecule is CN(C)C[C@@H](O)c1cc2n(n1)CCCN(C(=O)c1ccc3ccccc3n1)C2. The highest BCUT2D eigenvalue weighted by molar-refractivity contribution is 5.94. The zero-order valence-electron chi connectivity index (χ0n) is 16.2. The lowest BCUT2D eigenvalue weighted by atomic mass is 10.2. The highest BCUT2D eigenvalue weighted by Crippen LogP contribution is 2.20. The number of hydrogen-bond acceptors (Lipinski definition) is 5. The van der Waals surface area contributed by atoms with E-state index in [1.165, 1.54) is 0 Å². The van der Waals surface area contributed by atoms with Gasteiger partial charge in [-0.1, -0.05) is 24.3 Å². The van der Waals surface area contributed by atoms with Gasteiger partial charge in [0.1, 0.15) is 11.8 Å². The molecule has 0 saturated carbocycles. The number of hydrogen-bond donors (Lipinski definition) is 1. The second kappa shape index (κ2) is 7.69. The van der Waals surface area contributed by atoms with Crippen molar-refractivity contribution < 1.29 is 9.90 Å². The van der Waals surface area contributed by atoms with E-state index >= 15 is 0 Å². The minimum Gasteiger partial charge on any atom is -0.385 e. The predicted molar refractivity (Wildman–Crippen MR) is 107 cm³/mol. The molecule has 0 fully saturated rings. The number of aliphatic hydroxyl groups excluding tert-OH is 1. The number of aromatic nitrogens is 3. The van der Waals surface area contributed by atoms with E-state index < -0.39 is 6.10 Å². The zero-order valence-corrected chi connectivity index (χ0v) is 16.2. The van der Waals surface area contributed by atoms with Crippen LogP contribution in [0, 0.1) is 0 Å². The minimum atomic E-state index is -0.638. The van der Waals surface area contributed by atoms with Gasteiger partial charge in [0.25, 0.3) is 5.91 Å². The van der Waals surface area contributed by atoms with Crippen LogP contribution in [0.4, 0.5) is 0 Å². The second-order valence-corrected chi connectivity index (χ2v) is 7.53. The Morgan fingerprint density at radius 2 is 2.04 bits per heavy atom. The van der Waals surface area contributed by atoms with E-state index in [-0.39, 0.29) is 5.91 Å². The van der Waals surface area contributed by atoms with Crippen LogP contribution in [0.1, 0.15) is 34.4 Å². The van der Waals surface area contributed by atoms with Crippen molar-refractivity contribution in [3.63, 3.8) is 0 Å². The highest BCUT2D eigenvalue weighted by Gasteiger charge is 2.24. The Morgan fingerprint density at radius 1 is 1.21 bits per heavy atom. The lowest BCUT2D eigenvalue weighted by molar-refractivity contribution is 0.0740. The number of carbonyl (C=O) groups is 1. The van der Waals surface area contributed by atoms with Gasteiger partial charge in [-0.15, -0.1) is 0 Å². The molecule has 1 amide bonds. The van der Waals surface area contributed by atoms with Crippen molar-refractivity contribution in [3.8, 4) is 0 Å². The number of pyridine rings is 1. The van der Waals surface area contributed by atoms with E-state index in [2.05, 4.69) is 10.1 Å². The normalized spacial score (nSPS) is 15.5. The van der Waals surface area contributed by atoms with Gasteiger partial charge in [-0.25, -0.2) is 4.98 Å². The van der Waals surface area contributed by atoms with Crippen molar-refractivity contribution in [2.45, 2.75) is 25.6 Å². The Kier molecular flexibility index (Phi) is 5.11. The molecule has 3 heterocycles. The van der Waals surface area contributed by atoms with E-state index in [4.69, 9.17) is 0 Å². The van der Waals surface area contributed by atoms with E-state index in [1.54, 1.807) is 6.07 Å². The molecule has 0 aliphatic carbocycles. The van der Waals surface area contributed by atoms with Gasteiger partial charge in [-0.2, -0.15) is 5.10 Å². The Morgan fingerprint density at radius 3 is 2.86 bits per heavy atom. The first-order chi connectivity index (χ1) is 13.5. The van der Waals surface area contributed by atoms with Crippen LogP contribution >= 0.6 is 0 Å². The number of nitrogens with zero attached hydrogens (tertiary/aromatic N) is 5. The predicted octanol–water partition coefficient (Wildman–Crippen LogP) is 2.07. The molecule has 1 aliphatic heterocycles. The summed E-state index contributed by atoms with van der Waals surface area (Å²) in [5.74, 6) is -0.0733. The first-order valence-corrected chi connectivity index (χ1v) is 9.56. The number of likely N-dealkylation sites (N-methyl/N-ethyl adjacent to an activating group) is 1. The zero-order chi connectivity index (χ0) is 19.7. The molecular formula is C21H25N5O2. The van der Waals surface area contributed by atoms with Crippen LogP contribution in [0.25, 0.3) is 10.9 Å². The number of fused-ring (bicyclic) bond motifs is 2. The Balaban J connectivity index is 1.56. The summed E-state index contributed by atoms with van der Waals surface area (Å²) in [4.78, 5) is 21.4. The van der Waals surface area contributed by atoms with Gasteiger partial charge in [0, 0.05) is 25.0 Å².